The average Bonchev–Trinajstić information content (AvgIpc) is 2.65. The van der Waals surface area contributed by atoms with Crippen LogP contribution in [0.4, 0.5) is 4.39 Å². The molecule has 5 nitrogen and oxygen atoms in total. The first-order valence-corrected chi connectivity index (χ1v) is 8.24. The first-order chi connectivity index (χ1) is 12.2. The average molecular weight is 344 g/mol. The van der Waals surface area contributed by atoms with Crippen LogP contribution in [0.2, 0.25) is 0 Å². The van der Waals surface area contributed by atoms with Crippen LogP contribution in [0.3, 0.4) is 0 Å². The number of hydrogen-bond acceptors (Lipinski definition) is 4. The third-order valence-electron chi connectivity index (χ3n) is 4.16. The van der Waals surface area contributed by atoms with Gasteiger partial charge in [-0.3, -0.25) is 4.79 Å². The molecule has 0 aromatic heterocycles. The number of para-hydroxylation sites is 1. The van der Waals surface area contributed by atoms with Crippen LogP contribution < -0.4 is 20.1 Å². The van der Waals surface area contributed by atoms with Crippen molar-refractivity contribution in [3.05, 3.63) is 59.4 Å². The van der Waals surface area contributed by atoms with Crippen LogP contribution in [0.5, 0.6) is 11.5 Å². The summed E-state index contributed by atoms with van der Waals surface area (Å²) in [6.07, 6.45) is 0.762. The molecule has 0 saturated carbocycles. The standard InChI is InChI=1S/C19H21FN2O3/c1-21-19(23)12-25-17-5-3-2-4-13(17)11-22-16-8-9-24-18-7-6-14(20)10-15(16)18/h2-7,10,16,22H,8-9,11-12H2,1H3,(H,21,23)/t16-/m0/s1. The Morgan fingerprint density at radius 1 is 1.32 bits per heavy atom. The smallest absolute Gasteiger partial charge is 0.257 e. The molecule has 0 fully saturated rings. The number of halogens is 1. The van der Waals surface area contributed by atoms with Crippen molar-refractivity contribution in [1.29, 1.82) is 0 Å². The summed E-state index contributed by atoms with van der Waals surface area (Å²) in [6.45, 7) is 1.11. The van der Waals surface area contributed by atoms with Gasteiger partial charge >= 0.3 is 0 Å². The number of hydrogen-bond donors (Lipinski definition) is 2. The number of ether oxygens (including phenoxy) is 2. The largest absolute Gasteiger partial charge is 0.493 e. The lowest BCUT2D eigenvalue weighted by molar-refractivity contribution is -0.122. The van der Waals surface area contributed by atoms with Gasteiger partial charge in [-0.1, -0.05) is 18.2 Å². The first-order valence-electron chi connectivity index (χ1n) is 8.24. The Hall–Kier alpha value is -2.60. The van der Waals surface area contributed by atoms with Gasteiger partial charge in [0.1, 0.15) is 17.3 Å². The van der Waals surface area contributed by atoms with Crippen LogP contribution in [0, 0.1) is 5.82 Å². The number of benzene rings is 2. The van der Waals surface area contributed by atoms with Gasteiger partial charge in [0.25, 0.3) is 5.91 Å². The molecule has 0 radical (unpaired) electrons. The zero-order valence-corrected chi connectivity index (χ0v) is 14.0. The highest BCUT2D eigenvalue weighted by Crippen LogP contribution is 2.33. The van der Waals surface area contributed by atoms with Gasteiger partial charge < -0.3 is 20.1 Å². The number of rotatable bonds is 6. The Kier molecular flexibility index (Phi) is 5.50. The molecular weight excluding hydrogens is 323 g/mol. The predicted molar refractivity (Wildman–Crippen MR) is 92.1 cm³/mol. The number of amides is 1. The van der Waals surface area contributed by atoms with Crippen molar-refractivity contribution in [2.45, 2.75) is 19.0 Å². The summed E-state index contributed by atoms with van der Waals surface area (Å²) in [5.41, 5.74) is 1.77. The second-order valence-electron chi connectivity index (χ2n) is 5.82. The van der Waals surface area contributed by atoms with Crippen molar-refractivity contribution >= 4 is 5.91 Å². The number of likely N-dealkylation sites (N-methyl/N-ethyl adjacent to an activating group) is 1. The van der Waals surface area contributed by atoms with E-state index in [0.29, 0.717) is 24.7 Å². The van der Waals surface area contributed by atoms with Gasteiger partial charge in [-0.15, -0.1) is 0 Å². The fraction of sp³-hybridized carbons (Fsp3) is 0.316. The Balaban J connectivity index is 1.69. The third-order valence-corrected chi connectivity index (χ3v) is 4.16. The molecule has 1 atom stereocenters. The van der Waals surface area contributed by atoms with E-state index in [1.807, 2.05) is 24.3 Å². The molecule has 1 heterocycles. The number of nitrogens with one attached hydrogen (secondary N) is 2. The van der Waals surface area contributed by atoms with Crippen molar-refractivity contribution in [3.63, 3.8) is 0 Å². The molecule has 2 aromatic carbocycles. The lowest BCUT2D eigenvalue weighted by atomic mass is 10.00. The van der Waals surface area contributed by atoms with E-state index >= 15 is 0 Å². The molecule has 1 aliphatic rings. The van der Waals surface area contributed by atoms with Crippen LogP contribution in [0.25, 0.3) is 0 Å². The second-order valence-corrected chi connectivity index (χ2v) is 5.82. The summed E-state index contributed by atoms with van der Waals surface area (Å²) in [5.74, 6) is 0.918. The van der Waals surface area contributed by atoms with Crippen molar-refractivity contribution in [2.75, 3.05) is 20.3 Å². The first kappa shape index (κ1) is 17.2. The minimum Gasteiger partial charge on any atom is -0.493 e. The van der Waals surface area contributed by atoms with E-state index in [9.17, 15) is 9.18 Å². The molecule has 2 aromatic rings. The molecule has 6 heteroatoms. The summed E-state index contributed by atoms with van der Waals surface area (Å²) in [4.78, 5) is 11.4. The van der Waals surface area contributed by atoms with E-state index < -0.39 is 0 Å². The minimum absolute atomic E-state index is 0.00597. The van der Waals surface area contributed by atoms with Crippen molar-refractivity contribution in [1.82, 2.24) is 10.6 Å². The highest BCUT2D eigenvalue weighted by Gasteiger charge is 2.22. The zero-order valence-electron chi connectivity index (χ0n) is 14.0. The second kappa shape index (κ2) is 7.98. The van der Waals surface area contributed by atoms with Crippen molar-refractivity contribution < 1.29 is 18.7 Å². The van der Waals surface area contributed by atoms with Gasteiger partial charge in [-0.05, 0) is 24.3 Å². The molecule has 2 N–H and O–H groups in total. The van der Waals surface area contributed by atoms with Crippen LogP contribution in [0.1, 0.15) is 23.6 Å². The molecule has 0 aliphatic carbocycles. The molecule has 25 heavy (non-hydrogen) atoms. The SMILES string of the molecule is CNC(=O)COc1ccccc1CN[C@H]1CCOc2ccc(F)cc21. The molecule has 0 spiro atoms. The van der Waals surface area contributed by atoms with Crippen LogP contribution in [0.15, 0.2) is 42.5 Å². The lowest BCUT2D eigenvalue weighted by Gasteiger charge is -2.27. The molecule has 0 unspecified atom stereocenters. The van der Waals surface area contributed by atoms with Crippen molar-refractivity contribution in [2.24, 2.45) is 0 Å². The molecule has 1 amide bonds. The number of carbonyl (C=O) groups excluding carboxylic acids is 1. The van der Waals surface area contributed by atoms with E-state index in [0.717, 1.165) is 17.5 Å². The Labute approximate surface area is 146 Å². The maximum Gasteiger partial charge on any atom is 0.257 e. The Bertz CT molecular complexity index is 751. The molecular formula is C19H21FN2O3. The van der Waals surface area contributed by atoms with E-state index in [-0.39, 0.29) is 24.4 Å². The highest BCUT2D eigenvalue weighted by atomic mass is 19.1. The predicted octanol–water partition coefficient (Wildman–Crippen LogP) is 2.56. The summed E-state index contributed by atoms with van der Waals surface area (Å²) in [5, 5.41) is 5.96. The molecule has 3 rings (SSSR count). The van der Waals surface area contributed by atoms with Gasteiger partial charge in [0, 0.05) is 37.2 Å². The summed E-state index contributed by atoms with van der Waals surface area (Å²) in [7, 11) is 1.57. The summed E-state index contributed by atoms with van der Waals surface area (Å²) in [6, 6.07) is 12.1. The summed E-state index contributed by atoms with van der Waals surface area (Å²) >= 11 is 0. The van der Waals surface area contributed by atoms with Gasteiger partial charge in [0.15, 0.2) is 6.61 Å². The molecule has 0 saturated heterocycles. The highest BCUT2D eigenvalue weighted by molar-refractivity contribution is 5.77. The van der Waals surface area contributed by atoms with Crippen LogP contribution in [-0.4, -0.2) is 26.2 Å². The number of fused-ring (bicyclic) bond motifs is 1. The quantitative estimate of drug-likeness (QED) is 0.846. The molecule has 1 aliphatic heterocycles. The number of carbonyl (C=O) groups is 1. The molecule has 132 valence electrons. The van der Waals surface area contributed by atoms with E-state index in [1.54, 1.807) is 13.1 Å². The topological polar surface area (TPSA) is 59.6 Å². The Morgan fingerprint density at radius 2 is 2.16 bits per heavy atom. The van der Waals surface area contributed by atoms with Crippen LogP contribution >= 0.6 is 0 Å². The summed E-state index contributed by atoms with van der Waals surface area (Å²) < 4.78 is 24.7. The maximum atomic E-state index is 13.6. The van der Waals surface area contributed by atoms with Gasteiger partial charge in [0.05, 0.1) is 6.61 Å². The minimum atomic E-state index is -0.273. The monoisotopic (exact) mass is 344 g/mol. The fourth-order valence-corrected chi connectivity index (χ4v) is 2.82. The van der Waals surface area contributed by atoms with E-state index in [4.69, 9.17) is 9.47 Å². The lowest BCUT2D eigenvalue weighted by Crippen LogP contribution is -2.27. The van der Waals surface area contributed by atoms with Crippen LogP contribution in [-0.2, 0) is 11.3 Å². The van der Waals surface area contributed by atoms with Gasteiger partial charge in [-0.25, -0.2) is 4.39 Å². The van der Waals surface area contributed by atoms with Gasteiger partial charge in [-0.2, -0.15) is 0 Å². The van der Waals surface area contributed by atoms with Crippen molar-refractivity contribution in [3.8, 4) is 11.5 Å². The third kappa shape index (κ3) is 4.28. The van der Waals surface area contributed by atoms with E-state index in [1.165, 1.54) is 12.1 Å². The molecule has 0 bridgehead atoms. The Morgan fingerprint density at radius 3 is 3.00 bits per heavy atom. The fourth-order valence-electron chi connectivity index (χ4n) is 2.82. The maximum absolute atomic E-state index is 13.6. The van der Waals surface area contributed by atoms with Gasteiger partial charge in [0.2, 0.25) is 0 Å². The zero-order chi connectivity index (χ0) is 17.6. The van der Waals surface area contributed by atoms with E-state index in [2.05, 4.69) is 10.6 Å². The normalized spacial score (nSPS) is 15.8.